The molecular formula is C20H29N5. The molecule has 2 aromatic heterocycles. The summed E-state index contributed by atoms with van der Waals surface area (Å²) in [4.78, 5) is 6.83. The third kappa shape index (κ3) is 5.87. The minimum Gasteiger partial charge on any atom is -0.367 e. The Balaban J connectivity index is 0.000000399. The molecule has 1 saturated heterocycles. The topological polar surface area (TPSA) is 45.5 Å². The molecule has 1 aliphatic rings. The Kier molecular flexibility index (Phi) is 7.92. The standard InChI is InChI=1S/C15H21N5.C5H8/c1-2-5-13-12-17-15-7-6-14(18-20(13)15)16-8-11-19-9-3-4-10-19;1-3-5-4-2/h2,5-7,12H,3-4,8-11H2,1H3,(H,16,18);3-5H,1H2,2H3/b5-2+;5-4-. The highest BCUT2D eigenvalue weighted by molar-refractivity contribution is 5.53. The van der Waals surface area contributed by atoms with Crippen molar-refractivity contribution >= 4 is 17.5 Å². The van der Waals surface area contributed by atoms with E-state index in [1.54, 1.807) is 6.08 Å². The van der Waals surface area contributed by atoms with Gasteiger partial charge in [0, 0.05) is 13.1 Å². The lowest BCUT2D eigenvalue weighted by atomic mass is 10.4. The average Bonchev–Trinajstić information content (AvgIpc) is 3.27. The van der Waals surface area contributed by atoms with Gasteiger partial charge in [-0.15, -0.1) is 5.10 Å². The largest absolute Gasteiger partial charge is 0.367 e. The van der Waals surface area contributed by atoms with E-state index in [0.717, 1.165) is 30.2 Å². The van der Waals surface area contributed by atoms with E-state index in [1.807, 2.05) is 61.0 Å². The summed E-state index contributed by atoms with van der Waals surface area (Å²) in [7, 11) is 0. The van der Waals surface area contributed by atoms with Crippen LogP contribution >= 0.6 is 0 Å². The molecule has 25 heavy (non-hydrogen) atoms. The lowest BCUT2D eigenvalue weighted by Crippen LogP contribution is -2.26. The summed E-state index contributed by atoms with van der Waals surface area (Å²) in [6, 6.07) is 3.99. The van der Waals surface area contributed by atoms with Gasteiger partial charge in [0.1, 0.15) is 5.82 Å². The highest BCUT2D eigenvalue weighted by Gasteiger charge is 2.10. The van der Waals surface area contributed by atoms with Gasteiger partial charge in [0.05, 0.1) is 11.9 Å². The average molecular weight is 339 g/mol. The van der Waals surface area contributed by atoms with Crippen molar-refractivity contribution in [3.63, 3.8) is 0 Å². The van der Waals surface area contributed by atoms with Crippen molar-refractivity contribution in [2.45, 2.75) is 26.7 Å². The monoisotopic (exact) mass is 339 g/mol. The number of hydrogen-bond acceptors (Lipinski definition) is 4. The molecule has 1 N–H and O–H groups in total. The van der Waals surface area contributed by atoms with Crippen molar-refractivity contribution in [2.24, 2.45) is 0 Å². The van der Waals surface area contributed by atoms with Crippen LogP contribution in [0.15, 0.2) is 49.2 Å². The fraction of sp³-hybridized carbons (Fsp3) is 0.400. The van der Waals surface area contributed by atoms with Gasteiger partial charge in [0.15, 0.2) is 5.65 Å². The maximum Gasteiger partial charge on any atom is 0.154 e. The van der Waals surface area contributed by atoms with E-state index in [9.17, 15) is 0 Å². The van der Waals surface area contributed by atoms with Crippen LogP contribution in [0.25, 0.3) is 11.7 Å². The first-order valence-electron chi connectivity index (χ1n) is 8.96. The zero-order valence-corrected chi connectivity index (χ0v) is 15.4. The van der Waals surface area contributed by atoms with Gasteiger partial charge in [-0.2, -0.15) is 0 Å². The second-order valence-electron chi connectivity index (χ2n) is 5.91. The summed E-state index contributed by atoms with van der Waals surface area (Å²) >= 11 is 0. The Hall–Kier alpha value is -2.40. The molecule has 0 bridgehead atoms. The van der Waals surface area contributed by atoms with Gasteiger partial charge in [-0.05, 0) is 58.0 Å². The van der Waals surface area contributed by atoms with E-state index in [-0.39, 0.29) is 0 Å². The first-order valence-corrected chi connectivity index (χ1v) is 8.96. The number of rotatable bonds is 6. The minimum atomic E-state index is 0.878. The molecule has 0 spiro atoms. The Morgan fingerprint density at radius 1 is 1.20 bits per heavy atom. The SMILES string of the molecule is C/C=C/c1cnc2ccc(NCCN3CCCC3)nn12.C=C/C=C\C. The maximum atomic E-state index is 4.59. The van der Waals surface area contributed by atoms with Crippen LogP contribution < -0.4 is 5.32 Å². The molecule has 0 amide bonds. The zero-order chi connectivity index (χ0) is 17.9. The number of aromatic nitrogens is 3. The predicted molar refractivity (Wildman–Crippen MR) is 107 cm³/mol. The number of likely N-dealkylation sites (tertiary alicyclic amines) is 1. The number of allylic oxidation sites excluding steroid dienone is 4. The van der Waals surface area contributed by atoms with Crippen LogP contribution in [0.2, 0.25) is 0 Å². The Morgan fingerprint density at radius 2 is 2.00 bits per heavy atom. The maximum absolute atomic E-state index is 4.59. The van der Waals surface area contributed by atoms with Crippen molar-refractivity contribution in [1.29, 1.82) is 0 Å². The molecule has 1 fully saturated rings. The van der Waals surface area contributed by atoms with E-state index in [4.69, 9.17) is 0 Å². The van der Waals surface area contributed by atoms with E-state index in [0.29, 0.717) is 0 Å². The normalized spacial score (nSPS) is 15.0. The summed E-state index contributed by atoms with van der Waals surface area (Å²) in [5, 5.41) is 7.99. The lowest BCUT2D eigenvalue weighted by molar-refractivity contribution is 0.352. The fourth-order valence-electron chi connectivity index (χ4n) is 2.75. The molecule has 5 nitrogen and oxygen atoms in total. The minimum absolute atomic E-state index is 0.878. The third-order valence-electron chi connectivity index (χ3n) is 3.99. The smallest absolute Gasteiger partial charge is 0.154 e. The summed E-state index contributed by atoms with van der Waals surface area (Å²) < 4.78 is 1.87. The number of anilines is 1. The van der Waals surface area contributed by atoms with Gasteiger partial charge < -0.3 is 10.2 Å². The molecule has 0 unspecified atom stereocenters. The number of nitrogens with zero attached hydrogens (tertiary/aromatic N) is 4. The third-order valence-corrected chi connectivity index (χ3v) is 3.99. The highest BCUT2D eigenvalue weighted by Crippen LogP contribution is 2.11. The molecular weight excluding hydrogens is 310 g/mol. The number of hydrogen-bond donors (Lipinski definition) is 1. The van der Waals surface area contributed by atoms with Crippen molar-refractivity contribution in [3.05, 3.63) is 54.9 Å². The van der Waals surface area contributed by atoms with Gasteiger partial charge in [0.2, 0.25) is 0 Å². The molecule has 3 heterocycles. The number of imidazole rings is 1. The number of fused-ring (bicyclic) bond motifs is 1. The van der Waals surface area contributed by atoms with Gasteiger partial charge >= 0.3 is 0 Å². The Morgan fingerprint density at radius 3 is 2.64 bits per heavy atom. The Bertz CT molecular complexity index is 708. The molecule has 5 heteroatoms. The van der Waals surface area contributed by atoms with Gasteiger partial charge in [-0.1, -0.05) is 30.9 Å². The summed E-state index contributed by atoms with van der Waals surface area (Å²) in [6.07, 6.45) is 14.1. The highest BCUT2D eigenvalue weighted by atomic mass is 15.3. The van der Waals surface area contributed by atoms with Crippen LogP contribution in [0, 0.1) is 0 Å². The fourth-order valence-corrected chi connectivity index (χ4v) is 2.75. The van der Waals surface area contributed by atoms with Crippen molar-refractivity contribution in [2.75, 3.05) is 31.5 Å². The first kappa shape index (κ1) is 18.9. The summed E-state index contributed by atoms with van der Waals surface area (Å²) in [5.41, 5.74) is 1.88. The van der Waals surface area contributed by atoms with Crippen LogP contribution in [0.3, 0.4) is 0 Å². The van der Waals surface area contributed by atoms with E-state index in [1.165, 1.54) is 25.9 Å². The van der Waals surface area contributed by atoms with Gasteiger partial charge in [0.25, 0.3) is 0 Å². The second-order valence-corrected chi connectivity index (χ2v) is 5.91. The molecule has 0 atom stereocenters. The Labute approximate surface area is 150 Å². The van der Waals surface area contributed by atoms with Gasteiger partial charge in [-0.3, -0.25) is 0 Å². The molecule has 0 radical (unpaired) electrons. The molecule has 0 aliphatic carbocycles. The molecule has 1 aliphatic heterocycles. The molecule has 3 rings (SSSR count). The molecule has 0 aromatic carbocycles. The quantitative estimate of drug-likeness (QED) is 0.808. The lowest BCUT2D eigenvalue weighted by Gasteiger charge is -2.14. The van der Waals surface area contributed by atoms with Gasteiger partial charge in [-0.25, -0.2) is 9.50 Å². The second kappa shape index (κ2) is 10.5. The van der Waals surface area contributed by atoms with Crippen LogP contribution in [0.1, 0.15) is 32.4 Å². The summed E-state index contributed by atoms with van der Waals surface area (Å²) in [6.45, 7) is 11.9. The van der Waals surface area contributed by atoms with Crippen molar-refractivity contribution < 1.29 is 0 Å². The van der Waals surface area contributed by atoms with E-state index in [2.05, 4.69) is 26.9 Å². The van der Waals surface area contributed by atoms with Crippen molar-refractivity contribution in [3.8, 4) is 0 Å². The van der Waals surface area contributed by atoms with Crippen molar-refractivity contribution in [1.82, 2.24) is 19.5 Å². The van der Waals surface area contributed by atoms with Crippen LogP contribution in [0.5, 0.6) is 0 Å². The predicted octanol–water partition coefficient (Wildman–Crippen LogP) is 4.02. The summed E-state index contributed by atoms with van der Waals surface area (Å²) in [5.74, 6) is 0.903. The van der Waals surface area contributed by atoms with Crippen LogP contribution in [-0.2, 0) is 0 Å². The van der Waals surface area contributed by atoms with Crippen LogP contribution in [0.4, 0.5) is 5.82 Å². The van der Waals surface area contributed by atoms with E-state index < -0.39 is 0 Å². The molecule has 134 valence electrons. The van der Waals surface area contributed by atoms with Crippen LogP contribution in [-0.4, -0.2) is 45.7 Å². The first-order chi connectivity index (χ1) is 12.3. The molecule has 2 aromatic rings. The zero-order valence-electron chi connectivity index (χ0n) is 15.4. The molecule has 0 saturated carbocycles. The number of nitrogens with one attached hydrogen (secondary N) is 1. The van der Waals surface area contributed by atoms with E-state index >= 15 is 0 Å².